The van der Waals surface area contributed by atoms with Crippen molar-refractivity contribution in [2.75, 3.05) is 11.9 Å². The summed E-state index contributed by atoms with van der Waals surface area (Å²) in [5.41, 5.74) is -0.153. The molecule has 1 aliphatic rings. The lowest BCUT2D eigenvalue weighted by Gasteiger charge is -2.23. The van der Waals surface area contributed by atoms with Gasteiger partial charge in [-0.2, -0.15) is 0 Å². The number of sulfone groups is 1. The van der Waals surface area contributed by atoms with Gasteiger partial charge in [-0.05, 0) is 12.1 Å². The molecule has 1 atom stereocenters. The van der Waals surface area contributed by atoms with Crippen molar-refractivity contribution >= 4 is 21.5 Å². The van der Waals surface area contributed by atoms with Crippen molar-refractivity contribution in [3.05, 3.63) is 24.0 Å². The first-order valence-electron chi connectivity index (χ1n) is 4.43. The van der Waals surface area contributed by atoms with Crippen LogP contribution in [0.1, 0.15) is 0 Å². The van der Waals surface area contributed by atoms with Crippen LogP contribution in [0.4, 0.5) is 10.1 Å². The van der Waals surface area contributed by atoms with Crippen molar-refractivity contribution < 1.29 is 22.7 Å². The number of benzene rings is 1. The van der Waals surface area contributed by atoms with Crippen LogP contribution in [0.15, 0.2) is 23.1 Å². The molecule has 0 aromatic heterocycles. The molecule has 0 fully saturated rings. The monoisotopic (exact) mass is 245 g/mol. The standard InChI is InChI=1S/C9H8FNO4S/c10-5-2-1-3-6-8(5)11-4-7(9(12)13)16(6,14)15/h1-3,7,11H,4H2,(H,12,13). The van der Waals surface area contributed by atoms with E-state index in [0.717, 1.165) is 6.07 Å². The number of carbonyl (C=O) groups is 1. The first-order chi connectivity index (χ1) is 7.44. The van der Waals surface area contributed by atoms with E-state index in [1.54, 1.807) is 0 Å². The van der Waals surface area contributed by atoms with Crippen LogP contribution in [0.25, 0.3) is 0 Å². The summed E-state index contributed by atoms with van der Waals surface area (Å²) >= 11 is 0. The van der Waals surface area contributed by atoms with E-state index < -0.39 is 26.9 Å². The van der Waals surface area contributed by atoms with Crippen LogP contribution in [-0.4, -0.2) is 31.3 Å². The largest absolute Gasteiger partial charge is 0.480 e. The fourth-order valence-corrected chi connectivity index (χ4v) is 3.19. The zero-order valence-electron chi connectivity index (χ0n) is 7.97. The van der Waals surface area contributed by atoms with Crippen LogP contribution in [-0.2, 0) is 14.6 Å². The molecule has 0 amide bonds. The molecule has 0 bridgehead atoms. The average molecular weight is 245 g/mol. The van der Waals surface area contributed by atoms with Gasteiger partial charge in [0.05, 0.1) is 10.6 Å². The van der Waals surface area contributed by atoms with Gasteiger partial charge in [0.2, 0.25) is 0 Å². The Morgan fingerprint density at radius 2 is 2.19 bits per heavy atom. The highest BCUT2D eigenvalue weighted by atomic mass is 32.2. The third-order valence-electron chi connectivity index (χ3n) is 2.40. The summed E-state index contributed by atoms with van der Waals surface area (Å²) in [5, 5.41) is 9.67. The van der Waals surface area contributed by atoms with Crippen LogP contribution in [0.3, 0.4) is 0 Å². The molecule has 1 aromatic carbocycles. The fraction of sp³-hybridized carbons (Fsp3) is 0.222. The first kappa shape index (κ1) is 10.9. The predicted molar refractivity (Wildman–Crippen MR) is 53.5 cm³/mol. The van der Waals surface area contributed by atoms with Crippen molar-refractivity contribution in [1.29, 1.82) is 0 Å². The van der Waals surface area contributed by atoms with E-state index in [9.17, 15) is 17.6 Å². The Hall–Kier alpha value is -1.63. The Balaban J connectivity index is 2.65. The zero-order chi connectivity index (χ0) is 11.9. The number of anilines is 1. The van der Waals surface area contributed by atoms with Crippen LogP contribution in [0, 0.1) is 5.82 Å². The van der Waals surface area contributed by atoms with Crippen molar-refractivity contribution in [1.82, 2.24) is 0 Å². The second-order valence-electron chi connectivity index (χ2n) is 3.37. The molecule has 1 aromatic rings. The molecule has 0 aliphatic carbocycles. The first-order valence-corrected chi connectivity index (χ1v) is 5.98. The fourth-order valence-electron chi connectivity index (χ4n) is 1.59. The number of carboxylic acid groups (broad SMARTS) is 1. The molecule has 5 nitrogen and oxygen atoms in total. The van der Waals surface area contributed by atoms with Crippen molar-refractivity contribution in [2.45, 2.75) is 10.1 Å². The van der Waals surface area contributed by atoms with Crippen LogP contribution in [0.2, 0.25) is 0 Å². The van der Waals surface area contributed by atoms with Crippen LogP contribution < -0.4 is 5.32 Å². The highest BCUT2D eigenvalue weighted by Crippen LogP contribution is 2.31. The Labute approximate surface area is 90.8 Å². The maximum Gasteiger partial charge on any atom is 0.324 e. The molecule has 0 saturated carbocycles. The quantitative estimate of drug-likeness (QED) is 0.751. The smallest absolute Gasteiger partial charge is 0.324 e. The number of halogens is 1. The minimum Gasteiger partial charge on any atom is -0.480 e. The molecule has 2 N–H and O–H groups in total. The lowest BCUT2D eigenvalue weighted by atomic mass is 10.3. The van der Waals surface area contributed by atoms with E-state index in [0.29, 0.717) is 0 Å². The highest BCUT2D eigenvalue weighted by Gasteiger charge is 2.39. The third kappa shape index (κ3) is 1.44. The van der Waals surface area contributed by atoms with E-state index in [1.807, 2.05) is 0 Å². The number of hydrogen-bond acceptors (Lipinski definition) is 4. The van der Waals surface area contributed by atoms with Crippen molar-refractivity contribution in [2.24, 2.45) is 0 Å². The molecule has 16 heavy (non-hydrogen) atoms. The van der Waals surface area contributed by atoms with Gasteiger partial charge in [0.15, 0.2) is 15.1 Å². The Morgan fingerprint density at radius 3 is 2.81 bits per heavy atom. The topological polar surface area (TPSA) is 83.5 Å². The summed E-state index contributed by atoms with van der Waals surface area (Å²) in [7, 11) is -4.01. The van der Waals surface area contributed by atoms with E-state index in [1.165, 1.54) is 12.1 Å². The Bertz CT molecular complexity index is 555. The summed E-state index contributed by atoms with van der Waals surface area (Å²) in [6.07, 6.45) is 0. The number of para-hydroxylation sites is 1. The molecule has 7 heteroatoms. The van der Waals surface area contributed by atoms with Gasteiger partial charge < -0.3 is 10.4 Å². The van der Waals surface area contributed by atoms with E-state index >= 15 is 0 Å². The van der Waals surface area contributed by atoms with Crippen LogP contribution in [0.5, 0.6) is 0 Å². The molecular weight excluding hydrogens is 237 g/mol. The van der Waals surface area contributed by atoms with Gasteiger partial charge in [0.25, 0.3) is 0 Å². The van der Waals surface area contributed by atoms with Gasteiger partial charge in [-0.3, -0.25) is 4.79 Å². The maximum absolute atomic E-state index is 13.3. The molecule has 1 unspecified atom stereocenters. The summed E-state index contributed by atoms with van der Waals surface area (Å²) in [6, 6.07) is 3.54. The average Bonchev–Trinajstić information content (AvgIpc) is 2.18. The Morgan fingerprint density at radius 1 is 1.50 bits per heavy atom. The van der Waals surface area contributed by atoms with Gasteiger partial charge >= 0.3 is 5.97 Å². The highest BCUT2D eigenvalue weighted by molar-refractivity contribution is 7.93. The SMILES string of the molecule is O=C(O)C1CNc2c(F)cccc2S1(=O)=O. The number of nitrogens with one attached hydrogen (secondary N) is 1. The summed E-state index contributed by atoms with van der Waals surface area (Å²) < 4.78 is 36.9. The Kier molecular flexibility index (Phi) is 2.34. The number of fused-ring (bicyclic) bond motifs is 1. The zero-order valence-corrected chi connectivity index (χ0v) is 8.79. The molecular formula is C9H8FNO4S. The molecule has 0 radical (unpaired) electrons. The summed E-state index contributed by atoms with van der Waals surface area (Å²) in [4.78, 5) is 10.5. The van der Waals surface area contributed by atoms with Crippen molar-refractivity contribution in [3.8, 4) is 0 Å². The van der Waals surface area contributed by atoms with E-state index in [2.05, 4.69) is 5.32 Å². The normalized spacial score (nSPS) is 21.9. The van der Waals surface area contributed by atoms with Crippen LogP contribution >= 0.6 is 0 Å². The minimum absolute atomic E-state index is 0.153. The molecule has 1 heterocycles. The summed E-state index contributed by atoms with van der Waals surface area (Å²) in [6.45, 7) is -0.328. The number of rotatable bonds is 1. The minimum atomic E-state index is -4.01. The third-order valence-corrected chi connectivity index (χ3v) is 4.47. The van der Waals surface area contributed by atoms with Crippen molar-refractivity contribution in [3.63, 3.8) is 0 Å². The maximum atomic E-state index is 13.3. The van der Waals surface area contributed by atoms with E-state index in [-0.39, 0.29) is 17.1 Å². The van der Waals surface area contributed by atoms with Gasteiger partial charge in [-0.15, -0.1) is 0 Å². The molecule has 1 aliphatic heterocycles. The molecule has 86 valence electrons. The van der Waals surface area contributed by atoms with Gasteiger partial charge in [0.1, 0.15) is 5.82 Å². The number of hydrogen-bond donors (Lipinski definition) is 2. The second-order valence-corrected chi connectivity index (χ2v) is 5.46. The summed E-state index contributed by atoms with van der Waals surface area (Å²) in [5.74, 6) is -2.15. The predicted octanol–water partition coefficient (Wildman–Crippen LogP) is 0.478. The molecule has 2 rings (SSSR count). The van der Waals surface area contributed by atoms with Gasteiger partial charge in [-0.25, -0.2) is 12.8 Å². The van der Waals surface area contributed by atoms with Gasteiger partial charge in [-0.1, -0.05) is 6.07 Å². The number of aliphatic carboxylic acids is 1. The lowest BCUT2D eigenvalue weighted by Crippen LogP contribution is -2.40. The second kappa shape index (κ2) is 3.44. The molecule has 0 saturated heterocycles. The van der Waals surface area contributed by atoms with E-state index in [4.69, 9.17) is 5.11 Å². The molecule has 0 spiro atoms. The number of carboxylic acids is 1. The van der Waals surface area contributed by atoms with Gasteiger partial charge in [0, 0.05) is 6.54 Å². The lowest BCUT2D eigenvalue weighted by molar-refractivity contribution is -0.136.